The first kappa shape index (κ1) is 17.9. The first-order chi connectivity index (χ1) is 12.3. The molecule has 0 bridgehead atoms. The number of rotatable bonds is 4. The average molecular weight is 353 g/mol. The molecule has 1 heterocycles. The normalized spacial score (nSPS) is 11.5. The molecule has 0 radical (unpaired) electrons. The van der Waals surface area contributed by atoms with E-state index in [-0.39, 0.29) is 17.7 Å². The Bertz CT molecular complexity index is 974. The van der Waals surface area contributed by atoms with Crippen molar-refractivity contribution in [3.63, 3.8) is 0 Å². The Morgan fingerprint density at radius 3 is 2.46 bits per heavy atom. The van der Waals surface area contributed by atoms with Gasteiger partial charge < -0.3 is 4.74 Å². The summed E-state index contributed by atoms with van der Waals surface area (Å²) in [7, 11) is 0. The zero-order valence-electron chi connectivity index (χ0n) is 15.0. The molecule has 0 aliphatic heterocycles. The summed E-state index contributed by atoms with van der Waals surface area (Å²) < 4.78 is 20.7. The number of carbonyl (C=O) groups is 2. The van der Waals surface area contributed by atoms with Crippen molar-refractivity contribution < 1.29 is 18.7 Å². The molecular formula is C21H20FNO3. The van der Waals surface area contributed by atoms with E-state index in [4.69, 9.17) is 4.74 Å². The minimum Gasteiger partial charge on any atom is -0.459 e. The summed E-state index contributed by atoms with van der Waals surface area (Å²) in [5.74, 6) is -0.960. The van der Waals surface area contributed by atoms with Gasteiger partial charge >= 0.3 is 5.97 Å². The van der Waals surface area contributed by atoms with Crippen LogP contribution in [0.2, 0.25) is 0 Å². The first-order valence-electron chi connectivity index (χ1n) is 8.36. The Hall–Kier alpha value is -2.95. The lowest BCUT2D eigenvalue weighted by Crippen LogP contribution is -2.29. The van der Waals surface area contributed by atoms with Crippen molar-refractivity contribution in [1.82, 2.24) is 4.57 Å². The molecule has 0 amide bonds. The Morgan fingerprint density at radius 2 is 1.81 bits per heavy atom. The molecule has 2 aromatic carbocycles. The predicted octanol–water partition coefficient (Wildman–Crippen LogP) is 4.35. The number of nitrogens with zero attached hydrogens (tertiary/aromatic N) is 1. The van der Waals surface area contributed by atoms with Gasteiger partial charge in [0.05, 0.1) is 5.52 Å². The van der Waals surface area contributed by atoms with Crippen molar-refractivity contribution in [2.75, 3.05) is 0 Å². The van der Waals surface area contributed by atoms with Gasteiger partial charge in [-0.2, -0.15) is 0 Å². The quantitative estimate of drug-likeness (QED) is 0.655. The molecule has 0 N–H and O–H groups in total. The summed E-state index contributed by atoms with van der Waals surface area (Å²) in [5.41, 5.74) is 1.14. The van der Waals surface area contributed by atoms with Crippen LogP contribution in [0.15, 0.2) is 54.7 Å². The highest BCUT2D eigenvalue weighted by atomic mass is 19.1. The van der Waals surface area contributed by atoms with Crippen molar-refractivity contribution in [3.05, 3.63) is 71.7 Å². The van der Waals surface area contributed by atoms with Gasteiger partial charge in [0.25, 0.3) is 5.91 Å². The molecule has 0 aliphatic carbocycles. The topological polar surface area (TPSA) is 48.3 Å². The summed E-state index contributed by atoms with van der Waals surface area (Å²) in [4.78, 5) is 24.2. The zero-order valence-corrected chi connectivity index (χ0v) is 15.0. The lowest BCUT2D eigenvalue weighted by Gasteiger charge is -2.24. The number of esters is 1. The molecule has 0 spiro atoms. The van der Waals surface area contributed by atoms with Gasteiger partial charge in [-0.1, -0.05) is 18.2 Å². The lowest BCUT2D eigenvalue weighted by molar-refractivity contribution is -0.153. The van der Waals surface area contributed by atoms with E-state index in [9.17, 15) is 14.0 Å². The fourth-order valence-electron chi connectivity index (χ4n) is 3.18. The highest BCUT2D eigenvalue weighted by Crippen LogP contribution is 2.28. The van der Waals surface area contributed by atoms with Gasteiger partial charge in [0, 0.05) is 30.5 Å². The molecule has 134 valence electrons. The first-order valence-corrected chi connectivity index (χ1v) is 8.36. The van der Waals surface area contributed by atoms with Gasteiger partial charge in [-0.05, 0) is 49.7 Å². The van der Waals surface area contributed by atoms with Crippen LogP contribution in [0.25, 0.3) is 10.9 Å². The summed E-state index contributed by atoms with van der Waals surface area (Å²) >= 11 is 0. The van der Waals surface area contributed by atoms with E-state index in [0.717, 1.165) is 5.56 Å². The van der Waals surface area contributed by atoms with Crippen molar-refractivity contribution in [1.29, 1.82) is 0 Å². The molecule has 0 atom stereocenters. The molecule has 0 fully saturated rings. The second-order valence-corrected chi connectivity index (χ2v) is 6.89. The molecule has 0 saturated heterocycles. The predicted molar refractivity (Wildman–Crippen MR) is 97.6 cm³/mol. The van der Waals surface area contributed by atoms with Crippen molar-refractivity contribution in [3.8, 4) is 0 Å². The Balaban J connectivity index is 2.09. The highest BCUT2D eigenvalue weighted by molar-refractivity contribution is 6.03. The van der Waals surface area contributed by atoms with Gasteiger partial charge in [0.1, 0.15) is 11.4 Å². The lowest BCUT2D eigenvalue weighted by atomic mass is 9.98. The smallest absolute Gasteiger partial charge is 0.303 e. The van der Waals surface area contributed by atoms with Crippen LogP contribution < -0.4 is 0 Å². The van der Waals surface area contributed by atoms with Crippen LogP contribution in [-0.2, 0) is 16.0 Å². The summed E-state index contributed by atoms with van der Waals surface area (Å²) in [6, 6.07) is 13.2. The van der Waals surface area contributed by atoms with Gasteiger partial charge in [-0.15, -0.1) is 0 Å². The third-order valence-corrected chi connectivity index (χ3v) is 4.12. The van der Waals surface area contributed by atoms with E-state index in [1.54, 1.807) is 50.4 Å². The van der Waals surface area contributed by atoms with Gasteiger partial charge in [0.15, 0.2) is 0 Å². The van der Waals surface area contributed by atoms with E-state index >= 15 is 0 Å². The monoisotopic (exact) mass is 353 g/mol. The molecule has 5 heteroatoms. The molecule has 0 saturated carbocycles. The van der Waals surface area contributed by atoms with Crippen LogP contribution in [0.3, 0.4) is 0 Å². The number of halogens is 1. The number of hydrogen-bond acceptors (Lipinski definition) is 3. The minimum absolute atomic E-state index is 0.196. The van der Waals surface area contributed by atoms with E-state index in [1.807, 2.05) is 6.07 Å². The fourth-order valence-corrected chi connectivity index (χ4v) is 3.18. The molecule has 1 aromatic heterocycles. The Labute approximate surface area is 151 Å². The molecule has 0 aliphatic rings. The number of hydrogen-bond donors (Lipinski definition) is 0. The number of aromatic nitrogens is 1. The number of benzene rings is 2. The number of ether oxygens (including phenoxy) is 1. The SMILES string of the molecule is CC(=O)OC(C)(C)Cc1cn(C(=O)c2ccccc2)c2ccc(F)cc12. The van der Waals surface area contributed by atoms with Gasteiger partial charge in [0.2, 0.25) is 0 Å². The molecule has 3 aromatic rings. The molecule has 3 rings (SSSR count). The van der Waals surface area contributed by atoms with Crippen molar-refractivity contribution >= 4 is 22.8 Å². The summed E-state index contributed by atoms with van der Waals surface area (Å²) in [6.45, 7) is 4.93. The standard InChI is InChI=1S/C21H20FNO3/c1-14(24)26-21(2,3)12-16-13-23(19-10-9-17(22)11-18(16)19)20(25)15-7-5-4-6-8-15/h4-11,13H,12H2,1-3H3. The minimum atomic E-state index is -0.771. The summed E-state index contributed by atoms with van der Waals surface area (Å²) in [6.07, 6.45) is 2.06. The second-order valence-electron chi connectivity index (χ2n) is 6.89. The third kappa shape index (κ3) is 3.67. The average Bonchev–Trinajstić information content (AvgIpc) is 2.91. The van der Waals surface area contributed by atoms with Crippen LogP contribution in [0.1, 0.15) is 36.7 Å². The highest BCUT2D eigenvalue weighted by Gasteiger charge is 2.25. The molecule has 0 unspecified atom stereocenters. The maximum absolute atomic E-state index is 13.8. The largest absolute Gasteiger partial charge is 0.459 e. The second kappa shape index (κ2) is 6.75. The van der Waals surface area contributed by atoms with Crippen molar-refractivity contribution in [2.24, 2.45) is 0 Å². The zero-order chi connectivity index (χ0) is 18.9. The molecular weight excluding hydrogens is 333 g/mol. The third-order valence-electron chi connectivity index (χ3n) is 4.12. The van der Waals surface area contributed by atoms with Crippen LogP contribution >= 0.6 is 0 Å². The molecule has 4 nitrogen and oxygen atoms in total. The van der Waals surface area contributed by atoms with Gasteiger partial charge in [-0.3, -0.25) is 14.2 Å². The number of carbonyl (C=O) groups excluding carboxylic acids is 2. The summed E-state index contributed by atoms with van der Waals surface area (Å²) in [5, 5.41) is 0.634. The van der Waals surface area contributed by atoms with Gasteiger partial charge in [-0.25, -0.2) is 4.39 Å². The van der Waals surface area contributed by atoms with E-state index in [2.05, 4.69) is 0 Å². The molecule has 26 heavy (non-hydrogen) atoms. The number of fused-ring (bicyclic) bond motifs is 1. The van der Waals surface area contributed by atoms with Crippen LogP contribution in [0.5, 0.6) is 0 Å². The van der Waals surface area contributed by atoms with Crippen molar-refractivity contribution in [2.45, 2.75) is 32.8 Å². The van der Waals surface area contributed by atoms with E-state index in [1.165, 1.54) is 23.6 Å². The van der Waals surface area contributed by atoms with E-state index in [0.29, 0.717) is 22.9 Å². The maximum atomic E-state index is 13.8. The van der Waals surface area contributed by atoms with E-state index < -0.39 is 5.60 Å². The van der Waals surface area contributed by atoms with Crippen LogP contribution in [0, 0.1) is 5.82 Å². The maximum Gasteiger partial charge on any atom is 0.303 e. The van der Waals surface area contributed by atoms with Crippen LogP contribution in [0.4, 0.5) is 4.39 Å². The Morgan fingerprint density at radius 1 is 1.12 bits per heavy atom. The fraction of sp³-hybridized carbons (Fsp3) is 0.238. The Kier molecular flexibility index (Phi) is 4.64. The van der Waals surface area contributed by atoms with Crippen LogP contribution in [-0.4, -0.2) is 22.0 Å².